The van der Waals surface area contributed by atoms with Gasteiger partial charge in [0.1, 0.15) is 0 Å². The molecule has 1 aromatic rings. The van der Waals surface area contributed by atoms with E-state index in [-0.39, 0.29) is 11.7 Å². The zero-order chi connectivity index (χ0) is 13.1. The van der Waals surface area contributed by atoms with Crippen LogP contribution in [0.3, 0.4) is 0 Å². The molecule has 4 N–H and O–H groups in total. The Balaban J connectivity index is 2.56. The van der Waals surface area contributed by atoms with Gasteiger partial charge in [0.05, 0.1) is 17.9 Å². The van der Waals surface area contributed by atoms with Gasteiger partial charge >= 0.3 is 0 Å². The number of aromatic nitrogens is 2. The Bertz CT molecular complexity index is 398. The standard InChI is InChI=1S/C11H18N4O2/c1-7(16)11(2,3)15-10(17)9(12)4-8-5-13-6-14-8/h5-6,9H,4,12H2,1-3H3,(H,13,14)(H,15,17)/t9-/m0/s1. The van der Waals surface area contributed by atoms with Gasteiger partial charge in [-0.15, -0.1) is 0 Å². The number of nitrogens with zero attached hydrogens (tertiary/aromatic N) is 1. The van der Waals surface area contributed by atoms with Crippen LogP contribution in [0.25, 0.3) is 0 Å². The summed E-state index contributed by atoms with van der Waals surface area (Å²) in [4.78, 5) is 29.7. The van der Waals surface area contributed by atoms with Crippen LogP contribution in [0.5, 0.6) is 0 Å². The second-order valence-corrected chi connectivity index (χ2v) is 4.56. The molecule has 6 nitrogen and oxygen atoms in total. The maximum absolute atomic E-state index is 11.8. The minimum Gasteiger partial charge on any atom is -0.348 e. The number of hydrogen-bond donors (Lipinski definition) is 3. The molecule has 0 aromatic carbocycles. The molecule has 0 bridgehead atoms. The van der Waals surface area contributed by atoms with Crippen molar-refractivity contribution in [2.45, 2.75) is 38.8 Å². The van der Waals surface area contributed by atoms with E-state index < -0.39 is 11.6 Å². The monoisotopic (exact) mass is 238 g/mol. The lowest BCUT2D eigenvalue weighted by Crippen LogP contribution is -2.54. The maximum atomic E-state index is 11.8. The van der Waals surface area contributed by atoms with Crippen LogP contribution < -0.4 is 11.1 Å². The number of nitrogens with two attached hydrogens (primary N) is 1. The van der Waals surface area contributed by atoms with Gasteiger partial charge in [-0.05, 0) is 20.8 Å². The summed E-state index contributed by atoms with van der Waals surface area (Å²) in [6.07, 6.45) is 3.50. The Morgan fingerprint density at radius 1 is 1.59 bits per heavy atom. The van der Waals surface area contributed by atoms with Gasteiger partial charge in [0.25, 0.3) is 0 Å². The molecule has 0 radical (unpaired) electrons. The number of aromatic amines is 1. The SMILES string of the molecule is CC(=O)C(C)(C)NC(=O)[C@@H](N)Cc1cnc[nH]1. The van der Waals surface area contributed by atoms with Crippen molar-refractivity contribution < 1.29 is 9.59 Å². The molecule has 94 valence electrons. The zero-order valence-electron chi connectivity index (χ0n) is 10.3. The normalized spacial score (nSPS) is 13.2. The zero-order valence-corrected chi connectivity index (χ0v) is 10.3. The van der Waals surface area contributed by atoms with E-state index in [1.165, 1.54) is 13.3 Å². The van der Waals surface area contributed by atoms with Gasteiger partial charge < -0.3 is 16.0 Å². The van der Waals surface area contributed by atoms with Crippen LogP contribution in [0.2, 0.25) is 0 Å². The minimum atomic E-state index is -0.886. The largest absolute Gasteiger partial charge is 0.348 e. The quantitative estimate of drug-likeness (QED) is 0.659. The fourth-order valence-electron chi connectivity index (χ4n) is 1.21. The number of H-pyrrole nitrogens is 1. The summed E-state index contributed by atoms with van der Waals surface area (Å²) in [6.45, 7) is 4.73. The topological polar surface area (TPSA) is 101 Å². The van der Waals surface area contributed by atoms with Gasteiger partial charge in [-0.3, -0.25) is 9.59 Å². The molecule has 0 fully saturated rings. The molecular weight excluding hydrogens is 220 g/mol. The van der Waals surface area contributed by atoms with E-state index in [1.54, 1.807) is 20.0 Å². The smallest absolute Gasteiger partial charge is 0.238 e. The van der Waals surface area contributed by atoms with Gasteiger partial charge in [0.2, 0.25) is 5.91 Å². The van der Waals surface area contributed by atoms with Crippen LogP contribution in [0.15, 0.2) is 12.5 Å². The van der Waals surface area contributed by atoms with E-state index in [9.17, 15) is 9.59 Å². The summed E-state index contributed by atoms with van der Waals surface area (Å²) < 4.78 is 0. The first-order chi connectivity index (χ1) is 7.83. The fourth-order valence-corrected chi connectivity index (χ4v) is 1.21. The number of amides is 1. The minimum absolute atomic E-state index is 0.111. The van der Waals surface area contributed by atoms with E-state index in [0.29, 0.717) is 6.42 Å². The summed E-state index contributed by atoms with van der Waals surface area (Å²) in [5.74, 6) is -0.459. The molecule has 0 saturated carbocycles. The van der Waals surface area contributed by atoms with E-state index in [1.807, 2.05) is 0 Å². The third kappa shape index (κ3) is 3.67. The molecule has 0 spiro atoms. The van der Waals surface area contributed by atoms with Gasteiger partial charge in [-0.25, -0.2) is 4.98 Å². The molecule has 0 aliphatic rings. The van der Waals surface area contributed by atoms with Gasteiger partial charge in [0.15, 0.2) is 5.78 Å². The molecule has 0 aliphatic carbocycles. The summed E-state index contributed by atoms with van der Waals surface area (Å²) in [5.41, 5.74) is 5.64. The van der Waals surface area contributed by atoms with Crippen molar-refractivity contribution in [1.29, 1.82) is 0 Å². The van der Waals surface area contributed by atoms with E-state index in [4.69, 9.17) is 5.73 Å². The Labute approximate surface area is 100.0 Å². The predicted octanol–water partition coefficient (Wildman–Crippen LogP) is -0.237. The number of imidazole rings is 1. The number of rotatable bonds is 5. The van der Waals surface area contributed by atoms with E-state index >= 15 is 0 Å². The van der Waals surface area contributed by atoms with Crippen molar-refractivity contribution >= 4 is 11.7 Å². The van der Waals surface area contributed by atoms with Crippen molar-refractivity contribution in [3.8, 4) is 0 Å². The molecule has 0 unspecified atom stereocenters. The first-order valence-corrected chi connectivity index (χ1v) is 5.39. The van der Waals surface area contributed by atoms with Crippen molar-refractivity contribution in [1.82, 2.24) is 15.3 Å². The fraction of sp³-hybridized carbons (Fsp3) is 0.545. The van der Waals surface area contributed by atoms with E-state index in [2.05, 4.69) is 15.3 Å². The number of Topliss-reactive ketones (excluding diaryl/α,β-unsaturated/α-hetero) is 1. The highest BCUT2D eigenvalue weighted by Crippen LogP contribution is 2.04. The van der Waals surface area contributed by atoms with Crippen LogP contribution in [0, 0.1) is 0 Å². The molecule has 1 amide bonds. The van der Waals surface area contributed by atoms with Crippen LogP contribution >= 0.6 is 0 Å². The van der Waals surface area contributed by atoms with Gasteiger partial charge in [0, 0.05) is 18.3 Å². The summed E-state index contributed by atoms with van der Waals surface area (Å²) in [7, 11) is 0. The second-order valence-electron chi connectivity index (χ2n) is 4.56. The molecule has 6 heteroatoms. The average Bonchev–Trinajstić information content (AvgIpc) is 2.69. The van der Waals surface area contributed by atoms with Crippen LogP contribution in [0.1, 0.15) is 26.5 Å². The summed E-state index contributed by atoms with van der Waals surface area (Å²) >= 11 is 0. The number of hydrogen-bond acceptors (Lipinski definition) is 4. The molecule has 0 aliphatic heterocycles. The van der Waals surface area contributed by atoms with Crippen LogP contribution in [-0.4, -0.2) is 33.2 Å². The third-order valence-electron chi connectivity index (χ3n) is 2.65. The first kappa shape index (κ1) is 13.4. The Morgan fingerprint density at radius 2 is 2.24 bits per heavy atom. The van der Waals surface area contributed by atoms with Crippen molar-refractivity contribution in [2.75, 3.05) is 0 Å². The summed E-state index contributed by atoms with van der Waals surface area (Å²) in [6, 6.07) is -0.700. The number of ketones is 1. The lowest BCUT2D eigenvalue weighted by atomic mass is 9.99. The second kappa shape index (κ2) is 5.09. The van der Waals surface area contributed by atoms with Crippen LogP contribution in [-0.2, 0) is 16.0 Å². The average molecular weight is 238 g/mol. The Morgan fingerprint density at radius 3 is 2.71 bits per heavy atom. The molecule has 1 atom stereocenters. The molecular formula is C11H18N4O2. The highest BCUT2D eigenvalue weighted by molar-refractivity contribution is 5.92. The predicted molar refractivity (Wildman–Crippen MR) is 63.2 cm³/mol. The Kier molecular flexibility index (Phi) is 4.01. The maximum Gasteiger partial charge on any atom is 0.238 e. The van der Waals surface area contributed by atoms with Crippen LogP contribution in [0.4, 0.5) is 0 Å². The van der Waals surface area contributed by atoms with Crippen molar-refractivity contribution in [3.05, 3.63) is 18.2 Å². The molecule has 0 saturated heterocycles. The highest BCUT2D eigenvalue weighted by atomic mass is 16.2. The molecule has 1 aromatic heterocycles. The molecule has 1 rings (SSSR count). The van der Waals surface area contributed by atoms with Crippen molar-refractivity contribution in [3.63, 3.8) is 0 Å². The van der Waals surface area contributed by atoms with Gasteiger partial charge in [-0.2, -0.15) is 0 Å². The van der Waals surface area contributed by atoms with E-state index in [0.717, 1.165) is 5.69 Å². The molecule has 17 heavy (non-hydrogen) atoms. The van der Waals surface area contributed by atoms with Gasteiger partial charge in [-0.1, -0.05) is 0 Å². The molecule has 1 heterocycles. The number of nitrogens with one attached hydrogen (secondary N) is 2. The lowest BCUT2D eigenvalue weighted by molar-refractivity contribution is -0.130. The summed E-state index contributed by atoms with van der Waals surface area (Å²) in [5, 5.41) is 2.62. The Hall–Kier alpha value is -1.69. The number of carbonyl (C=O) groups excluding carboxylic acids is 2. The highest BCUT2D eigenvalue weighted by Gasteiger charge is 2.28. The number of carbonyl (C=O) groups is 2. The first-order valence-electron chi connectivity index (χ1n) is 5.39. The van der Waals surface area contributed by atoms with Crippen molar-refractivity contribution in [2.24, 2.45) is 5.73 Å². The lowest BCUT2D eigenvalue weighted by Gasteiger charge is -2.24. The third-order valence-corrected chi connectivity index (χ3v) is 2.65.